The highest BCUT2D eigenvalue weighted by Crippen LogP contribution is 2.16. The third-order valence-electron chi connectivity index (χ3n) is 2.88. The Labute approximate surface area is 97.2 Å². The second kappa shape index (κ2) is 5.75. The van der Waals surface area contributed by atoms with Crippen molar-refractivity contribution >= 4 is 5.69 Å². The molecule has 1 unspecified atom stereocenters. The van der Waals surface area contributed by atoms with Crippen molar-refractivity contribution in [3.63, 3.8) is 0 Å². The van der Waals surface area contributed by atoms with Crippen LogP contribution in [-0.2, 0) is 0 Å². The zero-order valence-electron chi connectivity index (χ0n) is 9.83. The summed E-state index contributed by atoms with van der Waals surface area (Å²) in [5.41, 5.74) is 1.16. The Hall–Kier alpha value is -1.22. The molecule has 16 heavy (non-hydrogen) atoms. The molecule has 0 aliphatic carbocycles. The van der Waals surface area contributed by atoms with Gasteiger partial charge in [-0.2, -0.15) is 0 Å². The fraction of sp³-hybridized carbons (Fsp3) is 0.538. The van der Waals surface area contributed by atoms with Crippen LogP contribution in [0, 0.1) is 0 Å². The van der Waals surface area contributed by atoms with E-state index >= 15 is 0 Å². The normalized spacial score (nSPS) is 19.7. The molecule has 3 nitrogen and oxygen atoms in total. The summed E-state index contributed by atoms with van der Waals surface area (Å²) in [6.45, 7) is 4.89. The van der Waals surface area contributed by atoms with Gasteiger partial charge in [0.25, 0.3) is 0 Å². The molecule has 0 saturated carbocycles. The average Bonchev–Trinajstić information content (AvgIpc) is 2.82. The molecule has 2 N–H and O–H groups in total. The van der Waals surface area contributed by atoms with Gasteiger partial charge in [-0.3, -0.25) is 0 Å². The minimum absolute atomic E-state index is 0.631. The van der Waals surface area contributed by atoms with Gasteiger partial charge in [-0.05, 0) is 50.6 Å². The number of benzene rings is 1. The van der Waals surface area contributed by atoms with Gasteiger partial charge in [-0.25, -0.2) is 0 Å². The van der Waals surface area contributed by atoms with E-state index in [9.17, 15) is 0 Å². The van der Waals surface area contributed by atoms with E-state index in [0.717, 1.165) is 31.1 Å². The fourth-order valence-corrected chi connectivity index (χ4v) is 2.01. The van der Waals surface area contributed by atoms with E-state index < -0.39 is 0 Å². The number of hydrogen-bond acceptors (Lipinski definition) is 3. The van der Waals surface area contributed by atoms with Crippen molar-refractivity contribution in [2.75, 3.05) is 25.0 Å². The lowest BCUT2D eigenvalue weighted by Gasteiger charge is -2.12. The largest absolute Gasteiger partial charge is 0.494 e. The third-order valence-corrected chi connectivity index (χ3v) is 2.88. The standard InChI is InChI=1S/C13H20N2O/c1-2-16-13-7-5-11(6-8-13)15-10-12-4-3-9-14-12/h5-8,12,14-15H,2-4,9-10H2,1H3. The predicted molar refractivity (Wildman–Crippen MR) is 67.1 cm³/mol. The van der Waals surface area contributed by atoms with Crippen LogP contribution < -0.4 is 15.4 Å². The first-order chi connectivity index (χ1) is 7.88. The van der Waals surface area contributed by atoms with Crippen LogP contribution in [0.5, 0.6) is 5.75 Å². The van der Waals surface area contributed by atoms with Gasteiger partial charge >= 0.3 is 0 Å². The van der Waals surface area contributed by atoms with Crippen molar-refractivity contribution in [1.82, 2.24) is 5.32 Å². The topological polar surface area (TPSA) is 33.3 Å². The van der Waals surface area contributed by atoms with Crippen LogP contribution in [0.1, 0.15) is 19.8 Å². The smallest absolute Gasteiger partial charge is 0.119 e. The molecule has 0 amide bonds. The van der Waals surface area contributed by atoms with Crippen LogP contribution in [0.3, 0.4) is 0 Å². The molecule has 1 saturated heterocycles. The molecule has 1 heterocycles. The first-order valence-corrected chi connectivity index (χ1v) is 6.08. The Balaban J connectivity index is 1.80. The molecular weight excluding hydrogens is 200 g/mol. The van der Waals surface area contributed by atoms with Crippen molar-refractivity contribution in [2.45, 2.75) is 25.8 Å². The Bertz CT molecular complexity index is 304. The Kier molecular flexibility index (Phi) is 4.05. The Morgan fingerprint density at radius 2 is 2.19 bits per heavy atom. The lowest BCUT2D eigenvalue weighted by atomic mass is 10.2. The van der Waals surface area contributed by atoms with Crippen molar-refractivity contribution in [3.05, 3.63) is 24.3 Å². The molecule has 0 bridgehead atoms. The molecule has 1 aromatic carbocycles. The minimum atomic E-state index is 0.631. The Morgan fingerprint density at radius 3 is 2.81 bits per heavy atom. The molecule has 1 fully saturated rings. The predicted octanol–water partition coefficient (Wildman–Crippen LogP) is 2.25. The molecule has 3 heteroatoms. The van der Waals surface area contributed by atoms with Gasteiger partial charge in [0.2, 0.25) is 0 Å². The molecular formula is C13H20N2O. The summed E-state index contributed by atoms with van der Waals surface area (Å²) in [4.78, 5) is 0. The molecule has 1 aliphatic rings. The number of nitrogens with one attached hydrogen (secondary N) is 2. The van der Waals surface area contributed by atoms with Gasteiger partial charge in [0.05, 0.1) is 6.61 Å². The molecule has 0 radical (unpaired) electrons. The van der Waals surface area contributed by atoms with Gasteiger partial charge in [0, 0.05) is 18.3 Å². The van der Waals surface area contributed by atoms with Crippen molar-refractivity contribution in [1.29, 1.82) is 0 Å². The molecule has 1 aliphatic heterocycles. The summed E-state index contributed by atoms with van der Waals surface area (Å²) in [7, 11) is 0. The lowest BCUT2D eigenvalue weighted by molar-refractivity contribution is 0.340. The summed E-state index contributed by atoms with van der Waals surface area (Å²) in [5, 5.41) is 6.91. The average molecular weight is 220 g/mol. The zero-order chi connectivity index (χ0) is 11.2. The highest BCUT2D eigenvalue weighted by Gasteiger charge is 2.12. The van der Waals surface area contributed by atoms with Crippen LogP contribution >= 0.6 is 0 Å². The van der Waals surface area contributed by atoms with Crippen molar-refractivity contribution < 1.29 is 4.74 Å². The SMILES string of the molecule is CCOc1ccc(NCC2CCCN2)cc1. The van der Waals surface area contributed by atoms with Crippen LogP contribution in [0.15, 0.2) is 24.3 Å². The van der Waals surface area contributed by atoms with E-state index in [1.54, 1.807) is 0 Å². The van der Waals surface area contributed by atoms with E-state index in [1.807, 2.05) is 19.1 Å². The zero-order valence-corrected chi connectivity index (χ0v) is 9.83. The highest BCUT2D eigenvalue weighted by atomic mass is 16.5. The first kappa shape index (κ1) is 11.3. The molecule has 2 rings (SSSR count). The number of anilines is 1. The van der Waals surface area contributed by atoms with Gasteiger partial charge in [0.15, 0.2) is 0 Å². The second-order valence-corrected chi connectivity index (χ2v) is 4.13. The van der Waals surface area contributed by atoms with E-state index in [4.69, 9.17) is 4.74 Å². The third kappa shape index (κ3) is 3.14. The fourth-order valence-electron chi connectivity index (χ4n) is 2.01. The first-order valence-electron chi connectivity index (χ1n) is 6.08. The quantitative estimate of drug-likeness (QED) is 0.798. The maximum atomic E-state index is 5.40. The monoisotopic (exact) mass is 220 g/mol. The summed E-state index contributed by atoms with van der Waals surface area (Å²) >= 11 is 0. The lowest BCUT2D eigenvalue weighted by Crippen LogP contribution is -2.29. The van der Waals surface area contributed by atoms with Crippen molar-refractivity contribution in [2.24, 2.45) is 0 Å². The number of hydrogen-bond donors (Lipinski definition) is 2. The van der Waals surface area contributed by atoms with E-state index in [2.05, 4.69) is 22.8 Å². The van der Waals surface area contributed by atoms with Gasteiger partial charge in [-0.15, -0.1) is 0 Å². The molecule has 1 atom stereocenters. The van der Waals surface area contributed by atoms with Gasteiger partial charge < -0.3 is 15.4 Å². The Morgan fingerprint density at radius 1 is 1.38 bits per heavy atom. The molecule has 0 spiro atoms. The minimum Gasteiger partial charge on any atom is -0.494 e. The van der Waals surface area contributed by atoms with Crippen LogP contribution in [0.2, 0.25) is 0 Å². The van der Waals surface area contributed by atoms with E-state index in [1.165, 1.54) is 12.8 Å². The van der Waals surface area contributed by atoms with E-state index in [0.29, 0.717) is 6.04 Å². The van der Waals surface area contributed by atoms with Gasteiger partial charge in [-0.1, -0.05) is 0 Å². The molecule has 1 aromatic rings. The van der Waals surface area contributed by atoms with Gasteiger partial charge in [0.1, 0.15) is 5.75 Å². The molecule has 88 valence electrons. The highest BCUT2D eigenvalue weighted by molar-refractivity contribution is 5.46. The van der Waals surface area contributed by atoms with Crippen molar-refractivity contribution in [3.8, 4) is 5.75 Å². The maximum absolute atomic E-state index is 5.40. The summed E-state index contributed by atoms with van der Waals surface area (Å²) in [6.07, 6.45) is 2.58. The molecule has 0 aromatic heterocycles. The summed E-state index contributed by atoms with van der Waals surface area (Å²) in [5.74, 6) is 0.937. The van der Waals surface area contributed by atoms with Crippen LogP contribution in [-0.4, -0.2) is 25.7 Å². The van der Waals surface area contributed by atoms with E-state index in [-0.39, 0.29) is 0 Å². The second-order valence-electron chi connectivity index (χ2n) is 4.13. The van der Waals surface area contributed by atoms with Crippen LogP contribution in [0.4, 0.5) is 5.69 Å². The van der Waals surface area contributed by atoms with Crippen LogP contribution in [0.25, 0.3) is 0 Å². The summed E-state index contributed by atoms with van der Waals surface area (Å²) in [6, 6.07) is 8.79. The maximum Gasteiger partial charge on any atom is 0.119 e. The number of rotatable bonds is 5. The number of ether oxygens (including phenoxy) is 1. The summed E-state index contributed by atoms with van der Waals surface area (Å²) < 4.78 is 5.40.